The molecule has 0 fully saturated rings. The molecule has 1 heterocycles. The molecule has 0 atom stereocenters. The Morgan fingerprint density at radius 2 is 1.14 bits per heavy atom. The molecule has 2 heteroatoms. The van der Waals surface area contributed by atoms with E-state index in [0.29, 0.717) is 0 Å². The number of fused-ring (bicyclic) bond motifs is 9. The van der Waals surface area contributed by atoms with Crippen LogP contribution < -0.4 is 4.90 Å². The second-order valence-electron chi connectivity index (χ2n) is 13.8. The normalized spacial score (nSPS) is 13.3. The molecule has 0 aliphatic heterocycles. The topological polar surface area (TPSA) is 16.4 Å². The number of anilines is 3. The average Bonchev–Trinajstić information content (AvgIpc) is 3.64. The number of rotatable bonds is 4. The summed E-state index contributed by atoms with van der Waals surface area (Å²) in [5.41, 5.74) is 12.6. The van der Waals surface area contributed by atoms with Crippen LogP contribution in [0.1, 0.15) is 25.0 Å². The Labute approximate surface area is 285 Å². The Bertz CT molecular complexity index is 2750. The second-order valence-corrected chi connectivity index (χ2v) is 13.8. The molecule has 0 saturated carbocycles. The van der Waals surface area contributed by atoms with Crippen LogP contribution in [0, 0.1) is 0 Å². The van der Waals surface area contributed by atoms with Gasteiger partial charge >= 0.3 is 0 Å². The van der Waals surface area contributed by atoms with E-state index >= 15 is 0 Å². The first-order chi connectivity index (χ1) is 24.0. The molecule has 8 aromatic carbocycles. The first-order valence-corrected chi connectivity index (χ1v) is 17.0. The Morgan fingerprint density at radius 1 is 0.469 bits per heavy atom. The maximum atomic E-state index is 6.88. The van der Waals surface area contributed by atoms with Gasteiger partial charge in [-0.1, -0.05) is 135 Å². The van der Waals surface area contributed by atoms with Crippen molar-refractivity contribution in [2.45, 2.75) is 19.3 Å². The van der Waals surface area contributed by atoms with E-state index in [0.717, 1.165) is 55.5 Å². The van der Waals surface area contributed by atoms with Crippen LogP contribution in [0.5, 0.6) is 0 Å². The lowest BCUT2D eigenvalue weighted by atomic mass is 9.82. The van der Waals surface area contributed by atoms with E-state index in [2.05, 4.69) is 183 Å². The Morgan fingerprint density at radius 3 is 2.02 bits per heavy atom. The van der Waals surface area contributed by atoms with Crippen molar-refractivity contribution in [1.82, 2.24) is 0 Å². The molecule has 49 heavy (non-hydrogen) atoms. The molecule has 1 aliphatic carbocycles. The molecule has 0 amide bonds. The van der Waals surface area contributed by atoms with Gasteiger partial charge in [0, 0.05) is 27.6 Å². The van der Waals surface area contributed by atoms with Crippen LogP contribution >= 0.6 is 0 Å². The Kier molecular flexibility index (Phi) is 5.95. The SMILES string of the molecule is CC1(C)c2ccccc2-c2ccc(N(c3ccc4ccccc4c3)c3cc(-c4ccccc4)cc4oc5c6ccccc6ccc5c34)cc21. The van der Waals surface area contributed by atoms with Crippen LogP contribution in [0.4, 0.5) is 17.1 Å². The Hall–Kier alpha value is -6.12. The van der Waals surface area contributed by atoms with Gasteiger partial charge in [-0.3, -0.25) is 0 Å². The predicted octanol–water partition coefficient (Wildman–Crippen LogP) is 13.3. The van der Waals surface area contributed by atoms with E-state index in [1.165, 1.54) is 38.4 Å². The summed E-state index contributed by atoms with van der Waals surface area (Å²) in [4.78, 5) is 2.45. The first kappa shape index (κ1) is 27.9. The van der Waals surface area contributed by atoms with Crippen molar-refractivity contribution in [3.8, 4) is 22.3 Å². The summed E-state index contributed by atoms with van der Waals surface area (Å²) in [7, 11) is 0. The zero-order chi connectivity index (χ0) is 32.7. The molecule has 232 valence electrons. The monoisotopic (exact) mass is 627 g/mol. The van der Waals surface area contributed by atoms with Gasteiger partial charge in [0.2, 0.25) is 0 Å². The lowest BCUT2D eigenvalue weighted by Crippen LogP contribution is -2.16. The highest BCUT2D eigenvalue weighted by molar-refractivity contribution is 6.20. The van der Waals surface area contributed by atoms with E-state index in [9.17, 15) is 0 Å². The van der Waals surface area contributed by atoms with Crippen LogP contribution in [-0.2, 0) is 5.41 Å². The van der Waals surface area contributed by atoms with Gasteiger partial charge in [-0.2, -0.15) is 0 Å². The van der Waals surface area contributed by atoms with Crippen molar-refractivity contribution < 1.29 is 4.42 Å². The van der Waals surface area contributed by atoms with Crippen LogP contribution in [0.2, 0.25) is 0 Å². The van der Waals surface area contributed by atoms with E-state index in [-0.39, 0.29) is 5.41 Å². The van der Waals surface area contributed by atoms with E-state index < -0.39 is 0 Å². The quantitative estimate of drug-likeness (QED) is 0.193. The smallest absolute Gasteiger partial charge is 0.143 e. The van der Waals surface area contributed by atoms with Gasteiger partial charge in [-0.25, -0.2) is 0 Å². The molecule has 0 saturated heterocycles. The third-order valence-electron chi connectivity index (χ3n) is 10.6. The molecule has 0 spiro atoms. The van der Waals surface area contributed by atoms with Crippen LogP contribution in [0.15, 0.2) is 168 Å². The van der Waals surface area contributed by atoms with Gasteiger partial charge < -0.3 is 9.32 Å². The fourth-order valence-corrected chi connectivity index (χ4v) is 8.16. The summed E-state index contributed by atoms with van der Waals surface area (Å²) in [5, 5.41) is 6.94. The van der Waals surface area contributed by atoms with Gasteiger partial charge in [0.1, 0.15) is 11.2 Å². The largest absolute Gasteiger partial charge is 0.455 e. The maximum Gasteiger partial charge on any atom is 0.143 e. The summed E-state index contributed by atoms with van der Waals surface area (Å²) < 4.78 is 6.88. The van der Waals surface area contributed by atoms with Gasteiger partial charge in [0.25, 0.3) is 0 Å². The lowest BCUT2D eigenvalue weighted by molar-refractivity contribution is 0.660. The number of hydrogen-bond acceptors (Lipinski definition) is 2. The molecular formula is C47H33NO. The van der Waals surface area contributed by atoms with Gasteiger partial charge in [0.15, 0.2) is 0 Å². The van der Waals surface area contributed by atoms with Crippen molar-refractivity contribution >= 4 is 60.5 Å². The number of nitrogens with zero attached hydrogens (tertiary/aromatic N) is 1. The van der Waals surface area contributed by atoms with Gasteiger partial charge in [-0.15, -0.1) is 0 Å². The van der Waals surface area contributed by atoms with Gasteiger partial charge in [0.05, 0.1) is 11.1 Å². The molecule has 1 aliphatic rings. The van der Waals surface area contributed by atoms with Crippen LogP contribution in [0.25, 0.3) is 65.7 Å². The minimum absolute atomic E-state index is 0.126. The molecule has 0 N–H and O–H groups in total. The minimum atomic E-state index is -0.126. The molecule has 0 unspecified atom stereocenters. The molecular weight excluding hydrogens is 595 g/mol. The standard InChI is InChI=1S/C47H33NO/c1-47(2)41-19-11-10-18-38(41)39-25-23-36(29-42(39)47)48(35-22-20-31-14-6-7-16-33(31)26-35)43-27-34(30-12-4-3-5-13-30)28-44-45(43)40-24-21-32-15-8-9-17-37(32)46(40)49-44/h3-29H,1-2H3. The first-order valence-electron chi connectivity index (χ1n) is 17.0. The third kappa shape index (κ3) is 4.20. The van der Waals surface area contributed by atoms with Crippen molar-refractivity contribution in [3.05, 3.63) is 175 Å². The maximum absolute atomic E-state index is 6.88. The number of furan rings is 1. The molecule has 0 bridgehead atoms. The van der Waals surface area contributed by atoms with Crippen molar-refractivity contribution in [2.24, 2.45) is 0 Å². The fraction of sp³-hybridized carbons (Fsp3) is 0.0638. The van der Waals surface area contributed by atoms with E-state index in [1.54, 1.807) is 0 Å². The molecule has 2 nitrogen and oxygen atoms in total. The summed E-state index contributed by atoms with van der Waals surface area (Å²) >= 11 is 0. The van der Waals surface area contributed by atoms with Crippen LogP contribution in [-0.4, -0.2) is 0 Å². The van der Waals surface area contributed by atoms with Crippen LogP contribution in [0.3, 0.4) is 0 Å². The minimum Gasteiger partial charge on any atom is -0.455 e. The fourth-order valence-electron chi connectivity index (χ4n) is 8.16. The van der Waals surface area contributed by atoms with E-state index in [1.807, 2.05) is 0 Å². The summed E-state index contributed by atoms with van der Waals surface area (Å²) in [6.45, 7) is 4.70. The number of hydrogen-bond donors (Lipinski definition) is 0. The summed E-state index contributed by atoms with van der Waals surface area (Å²) in [6, 6.07) is 59.5. The highest BCUT2D eigenvalue weighted by Gasteiger charge is 2.36. The number of benzene rings is 8. The zero-order valence-corrected chi connectivity index (χ0v) is 27.4. The zero-order valence-electron chi connectivity index (χ0n) is 27.4. The summed E-state index contributed by atoms with van der Waals surface area (Å²) in [6.07, 6.45) is 0. The van der Waals surface area contributed by atoms with Crippen molar-refractivity contribution in [1.29, 1.82) is 0 Å². The predicted molar refractivity (Wildman–Crippen MR) is 206 cm³/mol. The molecule has 10 rings (SSSR count). The molecule has 1 aromatic heterocycles. The van der Waals surface area contributed by atoms with Crippen molar-refractivity contribution in [2.75, 3.05) is 4.90 Å². The summed E-state index contributed by atoms with van der Waals surface area (Å²) in [5.74, 6) is 0. The van der Waals surface area contributed by atoms with Gasteiger partial charge in [-0.05, 0) is 92.0 Å². The highest BCUT2D eigenvalue weighted by atomic mass is 16.3. The second kappa shape index (κ2) is 10.4. The lowest BCUT2D eigenvalue weighted by Gasteiger charge is -2.29. The Balaban J connectivity index is 1.31. The van der Waals surface area contributed by atoms with E-state index in [4.69, 9.17) is 4.42 Å². The third-order valence-corrected chi connectivity index (χ3v) is 10.6. The molecule has 9 aromatic rings. The van der Waals surface area contributed by atoms with Crippen molar-refractivity contribution in [3.63, 3.8) is 0 Å². The molecule has 0 radical (unpaired) electrons. The highest BCUT2D eigenvalue weighted by Crippen LogP contribution is 2.52. The average molecular weight is 628 g/mol.